The van der Waals surface area contributed by atoms with Gasteiger partial charge in [0.2, 0.25) is 0 Å². The Morgan fingerprint density at radius 2 is 2.50 bits per heavy atom. The van der Waals surface area contributed by atoms with E-state index >= 15 is 0 Å². The quantitative estimate of drug-likeness (QED) is 0.463. The van der Waals surface area contributed by atoms with E-state index in [1.165, 1.54) is 11.1 Å². The summed E-state index contributed by atoms with van der Waals surface area (Å²) < 4.78 is 1.11. The Morgan fingerprint density at radius 3 is 3.00 bits per heavy atom. The van der Waals surface area contributed by atoms with E-state index in [-0.39, 0.29) is 0 Å². The Labute approximate surface area is 71.3 Å². The lowest BCUT2D eigenvalue weighted by molar-refractivity contribution is 0.321. The Hall–Kier alpha value is -0.350. The molecule has 10 heavy (non-hydrogen) atoms. The highest BCUT2D eigenvalue weighted by Gasteiger charge is 1.93. The molecule has 0 atom stereocenters. The molecule has 1 heterocycles. The SMILES string of the molecule is ON=CCc1ccc(Br)s1. The molecule has 0 bridgehead atoms. The molecule has 0 aromatic carbocycles. The van der Waals surface area contributed by atoms with E-state index in [1.807, 2.05) is 12.1 Å². The molecule has 1 aromatic heterocycles. The van der Waals surface area contributed by atoms with Gasteiger partial charge in [-0.15, -0.1) is 16.5 Å². The lowest BCUT2D eigenvalue weighted by atomic mass is 10.4. The molecule has 0 aliphatic rings. The van der Waals surface area contributed by atoms with Gasteiger partial charge in [0.15, 0.2) is 0 Å². The molecule has 1 aromatic rings. The molecule has 0 fully saturated rings. The van der Waals surface area contributed by atoms with Gasteiger partial charge in [0.05, 0.1) is 3.79 Å². The van der Waals surface area contributed by atoms with E-state index < -0.39 is 0 Å². The topological polar surface area (TPSA) is 32.6 Å². The van der Waals surface area contributed by atoms with Crippen molar-refractivity contribution in [1.82, 2.24) is 0 Å². The summed E-state index contributed by atoms with van der Waals surface area (Å²) in [5, 5.41) is 11.0. The minimum Gasteiger partial charge on any atom is -0.411 e. The van der Waals surface area contributed by atoms with Gasteiger partial charge in [-0.25, -0.2) is 0 Å². The number of thiophene rings is 1. The van der Waals surface area contributed by atoms with Crippen LogP contribution in [0, 0.1) is 0 Å². The van der Waals surface area contributed by atoms with Crippen LogP contribution in [-0.4, -0.2) is 11.4 Å². The summed E-state index contributed by atoms with van der Waals surface area (Å²) in [6.07, 6.45) is 2.17. The molecule has 4 heteroatoms. The smallest absolute Gasteiger partial charge is 0.0701 e. The van der Waals surface area contributed by atoms with E-state index in [0.717, 1.165) is 3.79 Å². The maximum atomic E-state index is 8.10. The molecule has 0 unspecified atom stereocenters. The highest BCUT2D eigenvalue weighted by atomic mass is 79.9. The Kier molecular flexibility index (Phi) is 2.89. The van der Waals surface area contributed by atoms with Crippen LogP contribution in [0.15, 0.2) is 21.1 Å². The second kappa shape index (κ2) is 3.73. The van der Waals surface area contributed by atoms with Gasteiger partial charge in [-0.3, -0.25) is 0 Å². The average molecular weight is 220 g/mol. The van der Waals surface area contributed by atoms with Crippen LogP contribution in [0.5, 0.6) is 0 Å². The van der Waals surface area contributed by atoms with Crippen LogP contribution in [0.1, 0.15) is 4.88 Å². The molecular formula is C6H6BrNOS. The first-order valence-corrected chi connectivity index (χ1v) is 4.34. The molecule has 0 radical (unpaired) electrons. The highest BCUT2D eigenvalue weighted by molar-refractivity contribution is 9.11. The summed E-state index contributed by atoms with van der Waals surface area (Å²) >= 11 is 4.98. The maximum absolute atomic E-state index is 8.10. The van der Waals surface area contributed by atoms with Crippen molar-refractivity contribution in [2.45, 2.75) is 6.42 Å². The van der Waals surface area contributed by atoms with Gasteiger partial charge in [-0.2, -0.15) is 0 Å². The van der Waals surface area contributed by atoms with Crippen molar-refractivity contribution in [3.8, 4) is 0 Å². The molecular weight excluding hydrogens is 214 g/mol. The summed E-state index contributed by atoms with van der Waals surface area (Å²) in [7, 11) is 0. The predicted molar refractivity (Wildman–Crippen MR) is 46.0 cm³/mol. The monoisotopic (exact) mass is 219 g/mol. The first-order chi connectivity index (χ1) is 4.83. The van der Waals surface area contributed by atoms with Crippen LogP contribution in [0.2, 0.25) is 0 Å². The fraction of sp³-hybridized carbons (Fsp3) is 0.167. The van der Waals surface area contributed by atoms with Gasteiger partial charge < -0.3 is 5.21 Å². The third kappa shape index (κ3) is 2.11. The average Bonchev–Trinajstić information content (AvgIpc) is 2.31. The fourth-order valence-electron chi connectivity index (χ4n) is 0.592. The molecule has 1 rings (SSSR count). The molecule has 1 N–H and O–H groups in total. The van der Waals surface area contributed by atoms with E-state index in [2.05, 4.69) is 21.1 Å². The number of hydrogen-bond acceptors (Lipinski definition) is 3. The zero-order chi connectivity index (χ0) is 7.40. The second-order valence-electron chi connectivity index (χ2n) is 1.71. The number of hydrogen-bond donors (Lipinski definition) is 1. The molecule has 54 valence electrons. The van der Waals surface area contributed by atoms with Crippen molar-refractivity contribution >= 4 is 33.5 Å². The third-order valence-corrected chi connectivity index (χ3v) is 2.65. The molecule has 0 aliphatic carbocycles. The zero-order valence-corrected chi connectivity index (χ0v) is 7.52. The molecule has 0 aliphatic heterocycles. The van der Waals surface area contributed by atoms with Gasteiger partial charge in [-0.1, -0.05) is 0 Å². The van der Waals surface area contributed by atoms with Crippen LogP contribution in [0.4, 0.5) is 0 Å². The van der Waals surface area contributed by atoms with Gasteiger partial charge >= 0.3 is 0 Å². The normalized spacial score (nSPS) is 10.9. The lowest BCUT2D eigenvalue weighted by Gasteiger charge is -1.82. The molecule has 0 amide bonds. The first kappa shape index (κ1) is 7.75. The van der Waals surface area contributed by atoms with Crippen LogP contribution in [-0.2, 0) is 6.42 Å². The summed E-state index contributed by atoms with van der Waals surface area (Å²) in [6, 6.07) is 3.97. The lowest BCUT2D eigenvalue weighted by Crippen LogP contribution is -1.78. The molecule has 0 saturated carbocycles. The van der Waals surface area contributed by atoms with Crippen LogP contribution >= 0.6 is 27.3 Å². The maximum Gasteiger partial charge on any atom is 0.0701 e. The van der Waals surface area contributed by atoms with Crippen molar-refractivity contribution in [3.63, 3.8) is 0 Å². The number of nitrogens with zero attached hydrogens (tertiary/aromatic N) is 1. The minimum atomic E-state index is 0.701. The number of halogens is 1. The zero-order valence-electron chi connectivity index (χ0n) is 5.12. The van der Waals surface area contributed by atoms with Crippen LogP contribution in [0.25, 0.3) is 0 Å². The largest absolute Gasteiger partial charge is 0.411 e. The van der Waals surface area contributed by atoms with E-state index in [1.54, 1.807) is 11.3 Å². The van der Waals surface area contributed by atoms with Gasteiger partial charge in [0.1, 0.15) is 0 Å². The van der Waals surface area contributed by atoms with Crippen LogP contribution in [0.3, 0.4) is 0 Å². The number of rotatable bonds is 2. The van der Waals surface area contributed by atoms with Crippen molar-refractivity contribution in [3.05, 3.63) is 20.8 Å². The second-order valence-corrected chi connectivity index (χ2v) is 4.26. The van der Waals surface area contributed by atoms with Gasteiger partial charge in [0.25, 0.3) is 0 Å². The molecule has 2 nitrogen and oxygen atoms in total. The standard InChI is InChI=1S/C6H6BrNOS/c7-6-2-1-5(10-6)3-4-8-9/h1-2,4,9H,3H2. The number of oxime groups is 1. The van der Waals surface area contributed by atoms with Crippen molar-refractivity contribution in [1.29, 1.82) is 0 Å². The summed E-state index contributed by atoms with van der Waals surface area (Å²) in [4.78, 5) is 1.18. The van der Waals surface area contributed by atoms with E-state index in [9.17, 15) is 0 Å². The Morgan fingerprint density at radius 1 is 1.70 bits per heavy atom. The van der Waals surface area contributed by atoms with Crippen molar-refractivity contribution in [2.24, 2.45) is 5.16 Å². The van der Waals surface area contributed by atoms with E-state index in [0.29, 0.717) is 6.42 Å². The minimum absolute atomic E-state index is 0.701. The summed E-state index contributed by atoms with van der Waals surface area (Å²) in [5.41, 5.74) is 0. The van der Waals surface area contributed by atoms with E-state index in [4.69, 9.17) is 5.21 Å². The first-order valence-electron chi connectivity index (χ1n) is 2.73. The van der Waals surface area contributed by atoms with Crippen molar-refractivity contribution < 1.29 is 5.21 Å². The Bertz CT molecular complexity index is 233. The summed E-state index contributed by atoms with van der Waals surface area (Å²) in [6.45, 7) is 0. The molecule has 0 spiro atoms. The predicted octanol–water partition coefficient (Wildman–Crippen LogP) is 2.51. The van der Waals surface area contributed by atoms with Crippen molar-refractivity contribution in [2.75, 3.05) is 0 Å². The highest BCUT2D eigenvalue weighted by Crippen LogP contribution is 2.21. The Balaban J connectivity index is 2.58. The summed E-state index contributed by atoms with van der Waals surface area (Å²) in [5.74, 6) is 0. The fourth-order valence-corrected chi connectivity index (χ4v) is 2.03. The van der Waals surface area contributed by atoms with Crippen LogP contribution < -0.4 is 0 Å². The van der Waals surface area contributed by atoms with Gasteiger partial charge in [0, 0.05) is 17.5 Å². The molecule has 0 saturated heterocycles. The van der Waals surface area contributed by atoms with Gasteiger partial charge in [-0.05, 0) is 28.1 Å². The third-order valence-electron chi connectivity index (χ3n) is 1.00.